The summed E-state index contributed by atoms with van der Waals surface area (Å²) in [5, 5.41) is 2.97. The van der Waals surface area contributed by atoms with E-state index in [-0.39, 0.29) is 6.03 Å². The molecule has 0 radical (unpaired) electrons. The molecule has 0 saturated carbocycles. The van der Waals surface area contributed by atoms with Crippen LogP contribution in [-0.4, -0.2) is 37.2 Å². The molecule has 1 fully saturated rings. The summed E-state index contributed by atoms with van der Waals surface area (Å²) in [7, 11) is 0. The van der Waals surface area contributed by atoms with Gasteiger partial charge in [0, 0.05) is 25.6 Å². The first-order valence-corrected chi connectivity index (χ1v) is 7.37. The fourth-order valence-electron chi connectivity index (χ4n) is 2.56. The Morgan fingerprint density at radius 2 is 2.24 bits per heavy atom. The van der Waals surface area contributed by atoms with E-state index in [9.17, 15) is 4.79 Å². The molecule has 4 heteroatoms. The predicted octanol–water partition coefficient (Wildman–Crippen LogP) is 2.26. The Morgan fingerprint density at radius 1 is 1.43 bits per heavy atom. The summed E-state index contributed by atoms with van der Waals surface area (Å²) in [6.45, 7) is 3.09. The van der Waals surface area contributed by atoms with E-state index in [1.807, 2.05) is 35.2 Å². The summed E-state index contributed by atoms with van der Waals surface area (Å²) in [6, 6.07) is 9.93. The predicted molar refractivity (Wildman–Crippen MR) is 82.6 cm³/mol. The number of amides is 2. The van der Waals surface area contributed by atoms with Crippen molar-refractivity contribution in [1.82, 2.24) is 10.2 Å². The molecule has 112 valence electrons. The van der Waals surface area contributed by atoms with Gasteiger partial charge in [0.2, 0.25) is 0 Å². The Bertz CT molecular complexity index is 481. The average molecular weight is 286 g/mol. The number of hydrogen-bond acceptors (Lipinski definition) is 2. The number of carbonyl (C=O) groups excluding carboxylic acids is 1. The van der Waals surface area contributed by atoms with E-state index in [4.69, 9.17) is 11.2 Å². The number of nitrogens with zero attached hydrogens (tertiary/aromatic N) is 1. The first kappa shape index (κ1) is 15.4. The number of urea groups is 1. The number of terminal acetylenes is 1. The zero-order chi connectivity index (χ0) is 14.9. The minimum atomic E-state index is 0.000466. The van der Waals surface area contributed by atoms with Gasteiger partial charge in [0.1, 0.15) is 6.61 Å². The number of carbonyl (C=O) groups is 1. The number of ether oxygens (including phenoxy) is 1. The normalized spacial score (nSPS) is 18.0. The zero-order valence-electron chi connectivity index (χ0n) is 12.3. The molecule has 1 atom stereocenters. The molecule has 0 spiro atoms. The highest BCUT2D eigenvalue weighted by atomic mass is 16.5. The molecular weight excluding hydrogens is 264 g/mol. The van der Waals surface area contributed by atoms with Gasteiger partial charge in [0.15, 0.2) is 0 Å². The molecule has 1 aromatic carbocycles. The molecule has 1 saturated heterocycles. The van der Waals surface area contributed by atoms with Gasteiger partial charge in [-0.15, -0.1) is 6.42 Å². The summed E-state index contributed by atoms with van der Waals surface area (Å²) in [5.41, 5.74) is 1.11. The van der Waals surface area contributed by atoms with Crippen molar-refractivity contribution in [3.63, 3.8) is 0 Å². The Morgan fingerprint density at radius 3 is 3.00 bits per heavy atom. The molecule has 2 amide bonds. The van der Waals surface area contributed by atoms with Crippen LogP contribution in [0, 0.1) is 18.3 Å². The maximum Gasteiger partial charge on any atom is 0.317 e. The second kappa shape index (κ2) is 8.33. The summed E-state index contributed by atoms with van der Waals surface area (Å²) in [4.78, 5) is 14.1. The highest BCUT2D eigenvalue weighted by molar-refractivity contribution is 5.74. The maximum atomic E-state index is 12.2. The molecule has 4 nitrogen and oxygen atoms in total. The molecule has 1 aliphatic rings. The summed E-state index contributed by atoms with van der Waals surface area (Å²) < 4.78 is 5.39. The summed E-state index contributed by atoms with van der Waals surface area (Å²) >= 11 is 0. The van der Waals surface area contributed by atoms with Gasteiger partial charge in [-0.05, 0) is 18.4 Å². The maximum absolute atomic E-state index is 12.2. The van der Waals surface area contributed by atoms with Gasteiger partial charge in [-0.1, -0.05) is 36.3 Å². The number of benzene rings is 1. The van der Waals surface area contributed by atoms with Crippen LogP contribution < -0.4 is 5.32 Å². The van der Waals surface area contributed by atoms with Crippen molar-refractivity contribution >= 4 is 6.03 Å². The van der Waals surface area contributed by atoms with Crippen molar-refractivity contribution in [2.45, 2.75) is 19.4 Å². The lowest BCUT2D eigenvalue weighted by atomic mass is 9.99. The number of rotatable bonds is 5. The summed E-state index contributed by atoms with van der Waals surface area (Å²) in [6.07, 6.45) is 7.27. The highest BCUT2D eigenvalue weighted by Gasteiger charge is 2.23. The first-order chi connectivity index (χ1) is 10.3. The van der Waals surface area contributed by atoms with Gasteiger partial charge in [0.05, 0.1) is 6.61 Å². The van der Waals surface area contributed by atoms with Crippen LogP contribution in [0.4, 0.5) is 4.79 Å². The lowest BCUT2D eigenvalue weighted by Crippen LogP contribution is -2.46. The van der Waals surface area contributed by atoms with Crippen LogP contribution in [0.15, 0.2) is 30.3 Å². The first-order valence-electron chi connectivity index (χ1n) is 7.37. The largest absolute Gasteiger partial charge is 0.368 e. The van der Waals surface area contributed by atoms with Crippen LogP contribution in [-0.2, 0) is 11.3 Å². The number of hydrogen-bond donors (Lipinski definition) is 1. The van der Waals surface area contributed by atoms with Gasteiger partial charge in [-0.3, -0.25) is 0 Å². The Hall–Kier alpha value is -1.99. The molecule has 1 unspecified atom stereocenters. The molecule has 21 heavy (non-hydrogen) atoms. The third-order valence-electron chi connectivity index (χ3n) is 3.63. The van der Waals surface area contributed by atoms with Crippen LogP contribution in [0.3, 0.4) is 0 Å². The third-order valence-corrected chi connectivity index (χ3v) is 3.63. The molecule has 0 aliphatic carbocycles. The van der Waals surface area contributed by atoms with Crippen molar-refractivity contribution in [1.29, 1.82) is 0 Å². The third kappa shape index (κ3) is 5.13. The second-order valence-electron chi connectivity index (χ2n) is 5.32. The molecule has 0 bridgehead atoms. The minimum absolute atomic E-state index is 0.000466. The van der Waals surface area contributed by atoms with Crippen LogP contribution in [0.1, 0.15) is 18.4 Å². The minimum Gasteiger partial charge on any atom is -0.368 e. The van der Waals surface area contributed by atoms with E-state index in [1.54, 1.807) is 0 Å². The molecule has 1 aliphatic heterocycles. The van der Waals surface area contributed by atoms with Crippen LogP contribution in [0.25, 0.3) is 0 Å². The van der Waals surface area contributed by atoms with E-state index in [0.29, 0.717) is 25.7 Å². The van der Waals surface area contributed by atoms with E-state index >= 15 is 0 Å². The molecular formula is C17H22N2O2. The summed E-state index contributed by atoms with van der Waals surface area (Å²) in [5.74, 6) is 2.85. The van der Waals surface area contributed by atoms with Gasteiger partial charge >= 0.3 is 6.03 Å². The lowest BCUT2D eigenvalue weighted by Gasteiger charge is -2.32. The van der Waals surface area contributed by atoms with Gasteiger partial charge in [0.25, 0.3) is 0 Å². The van der Waals surface area contributed by atoms with E-state index < -0.39 is 0 Å². The SMILES string of the molecule is C#CCOCC1CCCN(C(=O)NCc2ccccc2)C1. The van der Waals surface area contributed by atoms with Crippen molar-refractivity contribution in [3.8, 4) is 12.3 Å². The average Bonchev–Trinajstić information content (AvgIpc) is 2.54. The van der Waals surface area contributed by atoms with Gasteiger partial charge in [-0.25, -0.2) is 4.79 Å². The molecule has 1 aromatic rings. The molecule has 1 heterocycles. The molecule has 0 aromatic heterocycles. The van der Waals surface area contributed by atoms with Crippen LogP contribution >= 0.6 is 0 Å². The number of likely N-dealkylation sites (tertiary alicyclic amines) is 1. The number of nitrogens with one attached hydrogen (secondary N) is 1. The fourth-order valence-corrected chi connectivity index (χ4v) is 2.56. The van der Waals surface area contributed by atoms with Crippen LogP contribution in [0.5, 0.6) is 0 Å². The zero-order valence-corrected chi connectivity index (χ0v) is 12.3. The monoisotopic (exact) mass is 286 g/mol. The Labute approximate surface area is 126 Å². The van der Waals surface area contributed by atoms with E-state index in [0.717, 1.165) is 31.5 Å². The Kier molecular flexibility index (Phi) is 6.11. The second-order valence-corrected chi connectivity index (χ2v) is 5.32. The van der Waals surface area contributed by atoms with Crippen molar-refractivity contribution in [3.05, 3.63) is 35.9 Å². The highest BCUT2D eigenvalue weighted by Crippen LogP contribution is 2.16. The smallest absolute Gasteiger partial charge is 0.317 e. The molecule has 2 rings (SSSR count). The topological polar surface area (TPSA) is 41.6 Å². The quantitative estimate of drug-likeness (QED) is 0.666. The standard InChI is InChI=1S/C17H22N2O2/c1-2-11-21-14-16-9-6-10-19(13-16)17(20)18-12-15-7-4-3-5-8-15/h1,3-5,7-8,16H,6,9-14H2,(H,18,20). The van der Waals surface area contributed by atoms with Gasteiger partial charge < -0.3 is 15.0 Å². The van der Waals surface area contributed by atoms with E-state index in [1.165, 1.54) is 0 Å². The van der Waals surface area contributed by atoms with Crippen molar-refractivity contribution in [2.75, 3.05) is 26.3 Å². The lowest BCUT2D eigenvalue weighted by molar-refractivity contribution is 0.0857. The van der Waals surface area contributed by atoms with Crippen molar-refractivity contribution < 1.29 is 9.53 Å². The molecule has 1 N–H and O–H groups in total. The van der Waals surface area contributed by atoms with Crippen LogP contribution in [0.2, 0.25) is 0 Å². The number of piperidine rings is 1. The Balaban J connectivity index is 1.75. The van der Waals surface area contributed by atoms with Gasteiger partial charge in [-0.2, -0.15) is 0 Å². The van der Waals surface area contributed by atoms with E-state index in [2.05, 4.69) is 11.2 Å². The van der Waals surface area contributed by atoms with Crippen molar-refractivity contribution in [2.24, 2.45) is 5.92 Å². The fraction of sp³-hybridized carbons (Fsp3) is 0.471.